The summed E-state index contributed by atoms with van der Waals surface area (Å²) >= 11 is 0. The summed E-state index contributed by atoms with van der Waals surface area (Å²) in [5, 5.41) is 9.28. The van der Waals surface area contributed by atoms with Gasteiger partial charge in [-0.3, -0.25) is 4.79 Å². The van der Waals surface area contributed by atoms with E-state index in [1.807, 2.05) is 4.90 Å². The standard InChI is InChI=1S/C19H23FN4O4/c1-28-18-15-12(17(25)11(19(26)27)8-24(15)10-2-3-10)14(22)13(20)16(18)23-6-4-9(21)5-7-23/h8-10H,2-7,21-22H2,1H3,(H,26,27). The van der Waals surface area contributed by atoms with E-state index in [1.165, 1.54) is 13.3 Å². The number of carboxylic acid groups (broad SMARTS) is 1. The molecule has 0 amide bonds. The van der Waals surface area contributed by atoms with Crippen molar-refractivity contribution in [2.75, 3.05) is 30.8 Å². The van der Waals surface area contributed by atoms with Gasteiger partial charge in [0.2, 0.25) is 5.43 Å². The average molecular weight is 390 g/mol. The summed E-state index contributed by atoms with van der Waals surface area (Å²) < 4.78 is 22.6. The zero-order valence-electron chi connectivity index (χ0n) is 15.6. The number of anilines is 2. The van der Waals surface area contributed by atoms with Crippen molar-refractivity contribution in [1.82, 2.24) is 4.57 Å². The van der Waals surface area contributed by atoms with E-state index in [4.69, 9.17) is 16.2 Å². The number of nitrogens with zero attached hydrogens (tertiary/aromatic N) is 2. The summed E-state index contributed by atoms with van der Waals surface area (Å²) in [4.78, 5) is 26.2. The van der Waals surface area contributed by atoms with Gasteiger partial charge in [0.25, 0.3) is 0 Å². The molecule has 2 heterocycles. The molecule has 8 nitrogen and oxygen atoms in total. The number of aromatic carboxylic acids is 1. The Balaban J connectivity index is 2.07. The zero-order valence-corrected chi connectivity index (χ0v) is 15.6. The van der Waals surface area contributed by atoms with Gasteiger partial charge >= 0.3 is 5.97 Å². The molecular weight excluding hydrogens is 367 g/mol. The Labute approximate surface area is 160 Å². The van der Waals surface area contributed by atoms with Crippen LogP contribution in [0.5, 0.6) is 5.75 Å². The number of piperidine rings is 1. The first kappa shape index (κ1) is 18.5. The van der Waals surface area contributed by atoms with Crippen molar-refractivity contribution in [1.29, 1.82) is 0 Å². The lowest BCUT2D eigenvalue weighted by molar-refractivity contribution is 0.0695. The van der Waals surface area contributed by atoms with Gasteiger partial charge in [-0.15, -0.1) is 0 Å². The molecule has 9 heteroatoms. The highest BCUT2D eigenvalue weighted by Gasteiger charge is 2.33. The molecule has 0 spiro atoms. The minimum atomic E-state index is -1.37. The van der Waals surface area contributed by atoms with Gasteiger partial charge in [0.1, 0.15) is 11.3 Å². The van der Waals surface area contributed by atoms with Crippen LogP contribution in [0.4, 0.5) is 15.8 Å². The van der Waals surface area contributed by atoms with Gasteiger partial charge in [0.15, 0.2) is 11.6 Å². The van der Waals surface area contributed by atoms with Crippen molar-refractivity contribution in [2.45, 2.75) is 37.8 Å². The summed E-state index contributed by atoms with van der Waals surface area (Å²) in [6, 6.07) is 0.0912. The first-order valence-electron chi connectivity index (χ1n) is 9.32. The fourth-order valence-electron chi connectivity index (χ4n) is 3.96. The first-order valence-corrected chi connectivity index (χ1v) is 9.32. The summed E-state index contributed by atoms with van der Waals surface area (Å²) in [5.74, 6) is -1.92. The van der Waals surface area contributed by atoms with Gasteiger partial charge in [-0.05, 0) is 25.7 Å². The number of fused-ring (bicyclic) bond motifs is 1. The van der Waals surface area contributed by atoms with Gasteiger partial charge < -0.3 is 30.8 Å². The molecule has 2 aliphatic rings. The molecule has 28 heavy (non-hydrogen) atoms. The van der Waals surface area contributed by atoms with E-state index in [1.54, 1.807) is 4.57 Å². The van der Waals surface area contributed by atoms with Crippen LogP contribution >= 0.6 is 0 Å². The lowest BCUT2D eigenvalue weighted by Gasteiger charge is -2.34. The maximum Gasteiger partial charge on any atom is 0.341 e. The highest BCUT2D eigenvalue weighted by molar-refractivity contribution is 6.03. The summed E-state index contributed by atoms with van der Waals surface area (Å²) in [6.45, 7) is 1.08. The molecule has 2 aromatic rings. The number of ether oxygens (including phenoxy) is 1. The number of hydrogen-bond donors (Lipinski definition) is 3. The molecule has 1 aromatic carbocycles. The molecule has 0 unspecified atom stereocenters. The highest BCUT2D eigenvalue weighted by atomic mass is 19.1. The Kier molecular flexibility index (Phi) is 4.41. The van der Waals surface area contributed by atoms with Crippen LogP contribution < -0.4 is 26.5 Å². The van der Waals surface area contributed by atoms with Gasteiger partial charge in [0, 0.05) is 31.4 Å². The molecular formula is C19H23FN4O4. The molecule has 1 aromatic heterocycles. The number of rotatable bonds is 4. The van der Waals surface area contributed by atoms with Gasteiger partial charge in [-0.1, -0.05) is 0 Å². The van der Waals surface area contributed by atoms with Crippen LogP contribution in [-0.4, -0.2) is 41.9 Å². The van der Waals surface area contributed by atoms with Gasteiger partial charge in [0.05, 0.1) is 23.7 Å². The lowest BCUT2D eigenvalue weighted by Crippen LogP contribution is -2.40. The second kappa shape index (κ2) is 6.66. The molecule has 1 saturated carbocycles. The predicted octanol–water partition coefficient (Wildman–Crippen LogP) is 1.69. The number of aromatic nitrogens is 1. The van der Waals surface area contributed by atoms with Crippen molar-refractivity contribution in [3.63, 3.8) is 0 Å². The third kappa shape index (κ3) is 2.77. The van der Waals surface area contributed by atoms with Gasteiger partial charge in [-0.25, -0.2) is 9.18 Å². The average Bonchev–Trinajstić information content (AvgIpc) is 3.50. The molecule has 1 aliphatic carbocycles. The van der Waals surface area contributed by atoms with Crippen LogP contribution in [0.2, 0.25) is 0 Å². The Morgan fingerprint density at radius 2 is 1.93 bits per heavy atom. The second-order valence-corrected chi connectivity index (χ2v) is 7.47. The predicted molar refractivity (Wildman–Crippen MR) is 104 cm³/mol. The number of carboxylic acids is 1. The lowest BCUT2D eigenvalue weighted by atomic mass is 10.0. The third-order valence-electron chi connectivity index (χ3n) is 5.61. The minimum Gasteiger partial charge on any atom is -0.492 e. The van der Waals surface area contributed by atoms with E-state index >= 15 is 4.39 Å². The van der Waals surface area contributed by atoms with Crippen molar-refractivity contribution in [3.05, 3.63) is 27.8 Å². The van der Waals surface area contributed by atoms with Crippen molar-refractivity contribution in [2.24, 2.45) is 5.73 Å². The summed E-state index contributed by atoms with van der Waals surface area (Å²) in [7, 11) is 1.41. The van der Waals surface area contributed by atoms with E-state index in [0.29, 0.717) is 31.4 Å². The monoisotopic (exact) mass is 390 g/mol. The maximum atomic E-state index is 15.3. The topological polar surface area (TPSA) is 124 Å². The Morgan fingerprint density at radius 1 is 1.29 bits per heavy atom. The first-order chi connectivity index (χ1) is 13.3. The number of methoxy groups -OCH3 is 1. The number of carbonyl (C=O) groups is 1. The van der Waals surface area contributed by atoms with E-state index < -0.39 is 22.8 Å². The molecule has 5 N–H and O–H groups in total. The number of nitrogen functional groups attached to an aromatic ring is 1. The van der Waals surface area contributed by atoms with E-state index in [9.17, 15) is 14.7 Å². The zero-order chi connectivity index (χ0) is 20.2. The fourth-order valence-corrected chi connectivity index (χ4v) is 3.96. The quantitative estimate of drug-likeness (QED) is 0.679. The summed E-state index contributed by atoms with van der Waals surface area (Å²) in [6.07, 6.45) is 4.40. The molecule has 0 atom stereocenters. The Hall–Kier alpha value is -2.81. The van der Waals surface area contributed by atoms with E-state index in [0.717, 1.165) is 12.8 Å². The molecule has 150 valence electrons. The van der Waals surface area contributed by atoms with Crippen LogP contribution in [0.25, 0.3) is 10.9 Å². The van der Waals surface area contributed by atoms with Crippen LogP contribution in [0, 0.1) is 5.82 Å². The number of halogens is 1. The number of pyridine rings is 1. The van der Waals surface area contributed by atoms with Crippen LogP contribution in [-0.2, 0) is 0 Å². The second-order valence-electron chi connectivity index (χ2n) is 7.47. The fraction of sp³-hybridized carbons (Fsp3) is 0.474. The number of nitrogens with two attached hydrogens (primary N) is 2. The summed E-state index contributed by atoms with van der Waals surface area (Å²) in [5.41, 5.74) is 11.0. The molecule has 1 aliphatic heterocycles. The minimum absolute atomic E-state index is 0.0302. The Morgan fingerprint density at radius 3 is 2.46 bits per heavy atom. The molecule has 2 fully saturated rings. The van der Waals surface area contributed by atoms with Crippen molar-refractivity contribution in [3.8, 4) is 5.75 Å². The Bertz CT molecular complexity index is 1020. The van der Waals surface area contributed by atoms with Crippen molar-refractivity contribution < 1.29 is 19.0 Å². The van der Waals surface area contributed by atoms with E-state index in [2.05, 4.69) is 0 Å². The molecule has 4 rings (SSSR count). The largest absolute Gasteiger partial charge is 0.492 e. The van der Waals surface area contributed by atoms with Crippen LogP contribution in [0.3, 0.4) is 0 Å². The molecule has 0 bridgehead atoms. The van der Waals surface area contributed by atoms with E-state index in [-0.39, 0.29) is 34.6 Å². The number of benzene rings is 1. The van der Waals surface area contributed by atoms with Crippen molar-refractivity contribution >= 4 is 28.2 Å². The van der Waals surface area contributed by atoms with Crippen LogP contribution in [0.15, 0.2) is 11.0 Å². The van der Waals surface area contributed by atoms with Gasteiger partial charge in [-0.2, -0.15) is 0 Å². The van der Waals surface area contributed by atoms with Crippen LogP contribution in [0.1, 0.15) is 42.1 Å². The third-order valence-corrected chi connectivity index (χ3v) is 5.61. The molecule has 1 saturated heterocycles. The number of hydrogen-bond acceptors (Lipinski definition) is 6. The SMILES string of the molecule is COc1c(N2CCC(N)CC2)c(F)c(N)c2c(=O)c(C(=O)O)cn(C3CC3)c12. The smallest absolute Gasteiger partial charge is 0.341 e. The maximum absolute atomic E-state index is 15.3. The normalized spacial score (nSPS) is 17.9. The molecule has 0 radical (unpaired) electrons. The highest BCUT2D eigenvalue weighted by Crippen LogP contribution is 2.46.